The van der Waals surface area contributed by atoms with Gasteiger partial charge in [-0.3, -0.25) is 10.1 Å². The quantitative estimate of drug-likeness (QED) is 0.623. The van der Waals surface area contributed by atoms with Crippen molar-refractivity contribution in [1.82, 2.24) is 5.32 Å². The van der Waals surface area contributed by atoms with E-state index in [-0.39, 0.29) is 0 Å². The van der Waals surface area contributed by atoms with E-state index >= 15 is 0 Å². The third-order valence-corrected chi connectivity index (χ3v) is 2.10. The van der Waals surface area contributed by atoms with E-state index in [4.69, 9.17) is 15.2 Å². The lowest BCUT2D eigenvalue weighted by molar-refractivity contribution is -0.163. The number of nitrogens with one attached hydrogen (secondary N) is 1. The van der Waals surface area contributed by atoms with Crippen LogP contribution in [0.15, 0.2) is 0 Å². The van der Waals surface area contributed by atoms with Gasteiger partial charge in [-0.2, -0.15) is 0 Å². The van der Waals surface area contributed by atoms with Crippen LogP contribution in [0.2, 0.25) is 0 Å². The van der Waals surface area contributed by atoms with Gasteiger partial charge in [0.05, 0.1) is 0 Å². The van der Waals surface area contributed by atoms with E-state index in [1.807, 2.05) is 5.32 Å². The zero-order valence-electron chi connectivity index (χ0n) is 8.89. The molecule has 0 bridgehead atoms. The average Bonchev–Trinajstić information content (AvgIpc) is 2.68. The van der Waals surface area contributed by atoms with E-state index in [9.17, 15) is 14.4 Å². The molecule has 1 rings (SSSR count). The zero-order chi connectivity index (χ0) is 12.1. The molecule has 0 aromatic rings. The summed E-state index contributed by atoms with van der Waals surface area (Å²) in [6.45, 7) is 1.87. The average molecular weight is 230 g/mol. The van der Waals surface area contributed by atoms with Crippen LogP contribution < -0.4 is 11.1 Å². The Labute approximate surface area is 92.3 Å². The van der Waals surface area contributed by atoms with Gasteiger partial charge in [-0.1, -0.05) is 0 Å². The van der Waals surface area contributed by atoms with Crippen molar-refractivity contribution in [2.75, 3.05) is 6.61 Å². The normalized spacial score (nSPS) is 21.2. The molecule has 0 aromatic heterocycles. The predicted molar refractivity (Wildman–Crippen MR) is 52.3 cm³/mol. The summed E-state index contributed by atoms with van der Waals surface area (Å²) in [4.78, 5) is 33.0. The number of urea groups is 1. The minimum atomic E-state index is -1.07. The third-order valence-electron chi connectivity index (χ3n) is 2.10. The van der Waals surface area contributed by atoms with Crippen LogP contribution in [0.3, 0.4) is 0 Å². The van der Waals surface area contributed by atoms with Crippen molar-refractivity contribution in [3.8, 4) is 0 Å². The summed E-state index contributed by atoms with van der Waals surface area (Å²) in [5.74, 6) is -1.34. The second-order valence-electron chi connectivity index (χ2n) is 3.43. The van der Waals surface area contributed by atoms with Gasteiger partial charge in [-0.25, -0.2) is 9.59 Å². The first kappa shape index (κ1) is 12.4. The molecule has 0 radical (unpaired) electrons. The first-order valence-corrected chi connectivity index (χ1v) is 4.93. The second-order valence-corrected chi connectivity index (χ2v) is 3.43. The van der Waals surface area contributed by atoms with Gasteiger partial charge in [0.25, 0.3) is 5.91 Å². The van der Waals surface area contributed by atoms with Gasteiger partial charge in [0.2, 0.25) is 0 Å². The highest BCUT2D eigenvalue weighted by atomic mass is 16.6. The van der Waals surface area contributed by atoms with E-state index in [0.29, 0.717) is 13.0 Å². The molecule has 7 nitrogen and oxygen atoms in total. The van der Waals surface area contributed by atoms with Crippen molar-refractivity contribution in [2.24, 2.45) is 5.73 Å². The molecule has 0 saturated carbocycles. The molecule has 1 heterocycles. The fourth-order valence-corrected chi connectivity index (χ4v) is 1.29. The topological polar surface area (TPSA) is 108 Å². The van der Waals surface area contributed by atoms with Crippen molar-refractivity contribution < 1.29 is 23.9 Å². The van der Waals surface area contributed by atoms with Gasteiger partial charge in [0.15, 0.2) is 12.2 Å². The molecule has 2 atom stereocenters. The molecule has 3 N–H and O–H groups in total. The SMILES string of the molecule is C[C@@H](OC(=O)[C@@H]1CCCO1)C(=O)NC(N)=O. The smallest absolute Gasteiger partial charge is 0.336 e. The van der Waals surface area contributed by atoms with Crippen LogP contribution in [0.25, 0.3) is 0 Å². The number of rotatable bonds is 3. The first-order chi connectivity index (χ1) is 7.50. The lowest BCUT2D eigenvalue weighted by atomic mass is 10.2. The molecule has 1 aliphatic heterocycles. The fourth-order valence-electron chi connectivity index (χ4n) is 1.29. The van der Waals surface area contributed by atoms with Crippen LogP contribution in [0, 0.1) is 0 Å². The molecule has 1 fully saturated rings. The van der Waals surface area contributed by atoms with Crippen molar-refractivity contribution in [1.29, 1.82) is 0 Å². The molecule has 1 aliphatic rings. The maximum atomic E-state index is 11.4. The van der Waals surface area contributed by atoms with E-state index in [0.717, 1.165) is 6.42 Å². The Kier molecular flexibility index (Phi) is 4.24. The van der Waals surface area contributed by atoms with Gasteiger partial charge in [0, 0.05) is 6.61 Å². The predicted octanol–water partition coefficient (Wildman–Crippen LogP) is -0.708. The highest BCUT2D eigenvalue weighted by Gasteiger charge is 2.28. The number of amides is 3. The number of imide groups is 1. The number of primary amides is 1. The molecule has 16 heavy (non-hydrogen) atoms. The van der Waals surface area contributed by atoms with Crippen molar-refractivity contribution in [2.45, 2.75) is 32.0 Å². The molecule has 0 aliphatic carbocycles. The number of hydrogen-bond acceptors (Lipinski definition) is 5. The van der Waals surface area contributed by atoms with Gasteiger partial charge in [0.1, 0.15) is 0 Å². The standard InChI is InChI=1S/C9H14N2O5/c1-5(7(12)11-9(10)14)16-8(13)6-3-2-4-15-6/h5-6H,2-4H2,1H3,(H3,10,11,12,14)/t5-,6+/m1/s1. The van der Waals surface area contributed by atoms with Crippen LogP contribution in [-0.2, 0) is 19.1 Å². The number of carbonyl (C=O) groups excluding carboxylic acids is 3. The first-order valence-electron chi connectivity index (χ1n) is 4.93. The monoisotopic (exact) mass is 230 g/mol. The Morgan fingerprint density at radius 1 is 1.50 bits per heavy atom. The fraction of sp³-hybridized carbons (Fsp3) is 0.667. The number of nitrogens with two attached hydrogens (primary N) is 1. The third kappa shape index (κ3) is 3.50. The van der Waals surface area contributed by atoms with Crippen molar-refractivity contribution >= 4 is 17.9 Å². The molecule has 7 heteroatoms. The Bertz CT molecular complexity index is 298. The maximum Gasteiger partial charge on any atom is 0.336 e. The van der Waals surface area contributed by atoms with Gasteiger partial charge < -0.3 is 15.2 Å². The summed E-state index contributed by atoms with van der Waals surface area (Å²) in [5, 5.41) is 1.82. The van der Waals surface area contributed by atoms with Crippen LogP contribution in [-0.4, -0.2) is 36.7 Å². The highest BCUT2D eigenvalue weighted by Crippen LogP contribution is 2.14. The van der Waals surface area contributed by atoms with E-state index < -0.39 is 30.1 Å². The lowest BCUT2D eigenvalue weighted by Crippen LogP contribution is -2.43. The van der Waals surface area contributed by atoms with Gasteiger partial charge >= 0.3 is 12.0 Å². The summed E-state index contributed by atoms with van der Waals surface area (Å²) in [7, 11) is 0. The summed E-state index contributed by atoms with van der Waals surface area (Å²) in [6.07, 6.45) is -0.294. The minimum Gasteiger partial charge on any atom is -0.451 e. The van der Waals surface area contributed by atoms with Crippen LogP contribution in [0.1, 0.15) is 19.8 Å². The van der Waals surface area contributed by atoms with Crippen LogP contribution in [0.5, 0.6) is 0 Å². The van der Waals surface area contributed by atoms with E-state index in [1.54, 1.807) is 0 Å². The Balaban J connectivity index is 2.37. The summed E-state index contributed by atoms with van der Waals surface area (Å²) in [5.41, 5.74) is 4.75. The van der Waals surface area contributed by atoms with Crippen molar-refractivity contribution in [3.05, 3.63) is 0 Å². The van der Waals surface area contributed by atoms with Crippen LogP contribution in [0.4, 0.5) is 4.79 Å². The molecule has 90 valence electrons. The lowest BCUT2D eigenvalue weighted by Gasteiger charge is -2.14. The Hall–Kier alpha value is -1.63. The number of esters is 1. The molecule has 1 saturated heterocycles. The molecular weight excluding hydrogens is 216 g/mol. The van der Waals surface area contributed by atoms with Gasteiger partial charge in [-0.15, -0.1) is 0 Å². The van der Waals surface area contributed by atoms with Crippen molar-refractivity contribution in [3.63, 3.8) is 0 Å². The highest BCUT2D eigenvalue weighted by molar-refractivity contribution is 5.96. The summed E-state index contributed by atoms with van der Waals surface area (Å²) >= 11 is 0. The number of carbonyl (C=O) groups is 3. The molecule has 0 spiro atoms. The van der Waals surface area contributed by atoms with Gasteiger partial charge in [-0.05, 0) is 19.8 Å². The molecule has 0 aromatic carbocycles. The summed E-state index contributed by atoms with van der Waals surface area (Å²) in [6, 6.07) is -0.981. The number of ether oxygens (including phenoxy) is 2. The summed E-state index contributed by atoms with van der Waals surface area (Å²) < 4.78 is 9.89. The van der Waals surface area contributed by atoms with Crippen LogP contribution >= 0.6 is 0 Å². The maximum absolute atomic E-state index is 11.4. The molecule has 0 unspecified atom stereocenters. The van der Waals surface area contributed by atoms with E-state index in [1.165, 1.54) is 6.92 Å². The Morgan fingerprint density at radius 3 is 2.69 bits per heavy atom. The Morgan fingerprint density at radius 2 is 2.19 bits per heavy atom. The minimum absolute atomic E-state index is 0.516. The molecular formula is C9H14N2O5. The second kappa shape index (κ2) is 5.45. The molecule has 3 amide bonds. The zero-order valence-corrected chi connectivity index (χ0v) is 8.89. The number of hydrogen-bond donors (Lipinski definition) is 2. The largest absolute Gasteiger partial charge is 0.451 e. The van der Waals surface area contributed by atoms with E-state index in [2.05, 4.69) is 0 Å².